The van der Waals surface area contributed by atoms with Crippen LogP contribution >= 0.6 is 11.6 Å². The molecule has 0 saturated heterocycles. The topological polar surface area (TPSA) is 17.1 Å². The minimum absolute atomic E-state index is 0.284. The number of rotatable bonds is 3. The van der Waals surface area contributed by atoms with Crippen LogP contribution in [0.3, 0.4) is 0 Å². The maximum absolute atomic E-state index is 11.8. The van der Waals surface area contributed by atoms with Crippen molar-refractivity contribution in [1.82, 2.24) is 0 Å². The van der Waals surface area contributed by atoms with Crippen LogP contribution in [0, 0.1) is 5.92 Å². The molecule has 0 N–H and O–H groups in total. The van der Waals surface area contributed by atoms with Gasteiger partial charge in [-0.25, -0.2) is 0 Å². The van der Waals surface area contributed by atoms with Crippen molar-refractivity contribution in [2.75, 3.05) is 0 Å². The molecule has 0 amide bonds. The van der Waals surface area contributed by atoms with Gasteiger partial charge in [0, 0.05) is 16.5 Å². The van der Waals surface area contributed by atoms with E-state index in [9.17, 15) is 4.79 Å². The summed E-state index contributed by atoms with van der Waals surface area (Å²) < 4.78 is 0. The van der Waals surface area contributed by atoms with E-state index in [2.05, 4.69) is 13.8 Å². The van der Waals surface area contributed by atoms with Gasteiger partial charge in [-0.15, -0.1) is 0 Å². The quantitative estimate of drug-likeness (QED) is 0.705. The Morgan fingerprint density at radius 3 is 2.60 bits per heavy atom. The third-order valence-electron chi connectivity index (χ3n) is 2.85. The lowest BCUT2D eigenvalue weighted by Gasteiger charge is -2.09. The third kappa shape index (κ3) is 2.23. The molecule has 15 heavy (non-hydrogen) atoms. The van der Waals surface area contributed by atoms with Gasteiger partial charge in [0.15, 0.2) is 5.78 Å². The minimum atomic E-state index is 0.284. The molecule has 2 rings (SSSR count). The summed E-state index contributed by atoms with van der Waals surface area (Å²) in [6, 6.07) is 5.63. The summed E-state index contributed by atoms with van der Waals surface area (Å²) in [5, 5.41) is 0.761. The molecular formula is C13H15ClO. The van der Waals surface area contributed by atoms with Crippen molar-refractivity contribution in [3.63, 3.8) is 0 Å². The summed E-state index contributed by atoms with van der Waals surface area (Å²) in [5.74, 6) is 0.934. The number of carbonyl (C=O) groups excluding carboxylic acids is 1. The van der Waals surface area contributed by atoms with E-state index in [-0.39, 0.29) is 11.7 Å². The van der Waals surface area contributed by atoms with Crippen molar-refractivity contribution >= 4 is 17.4 Å². The van der Waals surface area contributed by atoms with Gasteiger partial charge in [0.05, 0.1) is 0 Å². The van der Waals surface area contributed by atoms with E-state index in [4.69, 9.17) is 11.6 Å². The van der Waals surface area contributed by atoms with E-state index in [1.54, 1.807) is 0 Å². The molecule has 0 aliphatic heterocycles. The van der Waals surface area contributed by atoms with Crippen molar-refractivity contribution < 1.29 is 4.79 Å². The Balaban J connectivity index is 2.33. The van der Waals surface area contributed by atoms with Crippen molar-refractivity contribution in [2.24, 2.45) is 5.92 Å². The molecule has 1 nitrogen and oxygen atoms in total. The molecule has 0 atom stereocenters. The number of Topliss-reactive ketones (excluding diaryl/α,β-unsaturated/α-hetero) is 1. The molecule has 1 aromatic rings. The first-order chi connectivity index (χ1) is 7.09. The molecule has 0 radical (unpaired) electrons. The number of halogens is 1. The normalized spacial score (nSPS) is 15.7. The molecule has 1 saturated carbocycles. The Labute approximate surface area is 95.4 Å². The van der Waals surface area contributed by atoms with Crippen LogP contribution in [0.5, 0.6) is 0 Å². The van der Waals surface area contributed by atoms with E-state index < -0.39 is 0 Å². The third-order valence-corrected chi connectivity index (χ3v) is 3.19. The van der Waals surface area contributed by atoms with Gasteiger partial charge in [0.25, 0.3) is 0 Å². The number of hydrogen-bond acceptors (Lipinski definition) is 1. The average Bonchev–Trinajstić information content (AvgIpc) is 3.00. The van der Waals surface area contributed by atoms with Crippen LogP contribution in [0.1, 0.15) is 48.5 Å². The number of benzene rings is 1. The summed E-state index contributed by atoms with van der Waals surface area (Å²) >= 11 is 6.08. The van der Waals surface area contributed by atoms with Crippen molar-refractivity contribution in [3.8, 4) is 0 Å². The summed E-state index contributed by atoms with van der Waals surface area (Å²) in [6.45, 7) is 4.18. The second kappa shape index (κ2) is 3.97. The van der Waals surface area contributed by atoms with Crippen LogP contribution in [0.25, 0.3) is 0 Å². The van der Waals surface area contributed by atoms with E-state index in [0.717, 1.165) is 29.0 Å². The Morgan fingerprint density at radius 2 is 2.07 bits per heavy atom. The van der Waals surface area contributed by atoms with Crippen molar-refractivity contribution in [2.45, 2.75) is 32.6 Å². The van der Waals surface area contributed by atoms with Gasteiger partial charge in [-0.1, -0.05) is 25.4 Å². The Morgan fingerprint density at radius 1 is 1.40 bits per heavy atom. The zero-order valence-corrected chi connectivity index (χ0v) is 9.84. The van der Waals surface area contributed by atoms with Gasteiger partial charge in [0.1, 0.15) is 0 Å². The van der Waals surface area contributed by atoms with Crippen LogP contribution in [0.4, 0.5) is 0 Å². The Kier molecular flexibility index (Phi) is 2.83. The van der Waals surface area contributed by atoms with Crippen molar-refractivity contribution in [1.29, 1.82) is 0 Å². The lowest BCUT2D eigenvalue weighted by Crippen LogP contribution is -2.02. The smallest absolute Gasteiger partial charge is 0.165 e. The lowest BCUT2D eigenvalue weighted by molar-refractivity contribution is 0.0967. The molecule has 2 heteroatoms. The first kappa shape index (κ1) is 10.7. The van der Waals surface area contributed by atoms with Crippen LogP contribution in [0.2, 0.25) is 5.02 Å². The van der Waals surface area contributed by atoms with Crippen LogP contribution < -0.4 is 0 Å². The van der Waals surface area contributed by atoms with Gasteiger partial charge in [-0.05, 0) is 42.5 Å². The van der Waals surface area contributed by atoms with Gasteiger partial charge in [0.2, 0.25) is 0 Å². The summed E-state index contributed by atoms with van der Waals surface area (Å²) in [5.41, 5.74) is 1.90. The largest absolute Gasteiger partial charge is 0.294 e. The number of hydrogen-bond donors (Lipinski definition) is 0. The highest BCUT2D eigenvalue weighted by molar-refractivity contribution is 6.31. The fraction of sp³-hybridized carbons (Fsp3) is 0.462. The second-order valence-electron chi connectivity index (χ2n) is 4.53. The van der Waals surface area contributed by atoms with Gasteiger partial charge in [-0.3, -0.25) is 4.79 Å². The zero-order valence-electron chi connectivity index (χ0n) is 9.09. The highest BCUT2D eigenvalue weighted by Crippen LogP contribution is 2.34. The summed E-state index contributed by atoms with van der Waals surface area (Å²) in [6.07, 6.45) is 2.11. The highest BCUT2D eigenvalue weighted by atomic mass is 35.5. The van der Waals surface area contributed by atoms with Crippen LogP contribution in [0.15, 0.2) is 18.2 Å². The monoisotopic (exact) mass is 222 g/mol. The average molecular weight is 223 g/mol. The van der Waals surface area contributed by atoms with Crippen molar-refractivity contribution in [3.05, 3.63) is 34.3 Å². The molecule has 1 fully saturated rings. The fourth-order valence-electron chi connectivity index (χ4n) is 1.72. The Hall–Kier alpha value is -0.820. The number of ketones is 1. The summed E-state index contributed by atoms with van der Waals surface area (Å²) in [4.78, 5) is 11.8. The molecule has 1 aromatic carbocycles. The summed E-state index contributed by atoms with van der Waals surface area (Å²) in [7, 11) is 0. The van der Waals surface area contributed by atoms with Crippen LogP contribution in [-0.4, -0.2) is 5.78 Å². The fourth-order valence-corrected chi connectivity index (χ4v) is 2.06. The SMILES string of the molecule is CC(C)c1cc(C(=O)C2CC2)ccc1Cl. The highest BCUT2D eigenvalue weighted by Gasteiger charge is 2.30. The molecular weight excluding hydrogens is 208 g/mol. The molecule has 1 aliphatic rings. The van der Waals surface area contributed by atoms with Gasteiger partial charge in [-0.2, -0.15) is 0 Å². The van der Waals surface area contributed by atoms with E-state index in [1.165, 1.54) is 0 Å². The molecule has 80 valence electrons. The van der Waals surface area contributed by atoms with Gasteiger partial charge < -0.3 is 0 Å². The Bertz CT molecular complexity index is 392. The van der Waals surface area contributed by atoms with E-state index >= 15 is 0 Å². The molecule has 0 spiro atoms. The zero-order chi connectivity index (χ0) is 11.0. The van der Waals surface area contributed by atoms with Crippen LogP contribution in [-0.2, 0) is 0 Å². The maximum Gasteiger partial charge on any atom is 0.165 e. The standard InChI is InChI=1S/C13H15ClO/c1-8(2)11-7-10(5-6-12(11)14)13(15)9-3-4-9/h5-9H,3-4H2,1-2H3. The minimum Gasteiger partial charge on any atom is -0.294 e. The molecule has 0 aromatic heterocycles. The first-order valence-corrected chi connectivity index (χ1v) is 5.81. The molecule has 1 aliphatic carbocycles. The maximum atomic E-state index is 11.8. The molecule has 0 unspecified atom stereocenters. The second-order valence-corrected chi connectivity index (χ2v) is 4.94. The number of carbonyl (C=O) groups is 1. The molecule has 0 bridgehead atoms. The lowest BCUT2D eigenvalue weighted by atomic mass is 9.98. The first-order valence-electron chi connectivity index (χ1n) is 5.43. The van der Waals surface area contributed by atoms with E-state index in [0.29, 0.717) is 5.92 Å². The predicted octanol–water partition coefficient (Wildman–Crippen LogP) is 4.06. The predicted molar refractivity (Wildman–Crippen MR) is 62.6 cm³/mol. The van der Waals surface area contributed by atoms with Gasteiger partial charge >= 0.3 is 0 Å². The molecule has 0 heterocycles. The van der Waals surface area contributed by atoms with E-state index in [1.807, 2.05) is 18.2 Å².